The maximum absolute atomic E-state index is 10.1. The number of phenolic OH excluding ortho intramolecular Hbond substituents is 1. The minimum atomic E-state index is 0.0736. The van der Waals surface area contributed by atoms with Gasteiger partial charge in [-0.1, -0.05) is 13.0 Å². The van der Waals surface area contributed by atoms with Crippen LogP contribution >= 0.6 is 0 Å². The Morgan fingerprint density at radius 2 is 2.12 bits per heavy atom. The Labute approximate surface area is 96.3 Å². The standard InChI is InChI=1S/C13H18N2O/c1-13-7-8-14(2)12(13)15(3)9-5-4-6-10(16)11(9)13/h4-6,12,16H,7-8H2,1-3H3/t12-,13+/m1/s1. The van der Waals surface area contributed by atoms with Crippen molar-refractivity contribution in [2.24, 2.45) is 0 Å². The maximum atomic E-state index is 10.1. The van der Waals surface area contributed by atoms with Gasteiger partial charge in [0.15, 0.2) is 0 Å². The molecule has 0 radical (unpaired) electrons. The van der Waals surface area contributed by atoms with E-state index in [9.17, 15) is 5.11 Å². The van der Waals surface area contributed by atoms with E-state index in [0.717, 1.165) is 18.5 Å². The fourth-order valence-electron chi connectivity index (χ4n) is 3.66. The zero-order valence-corrected chi connectivity index (χ0v) is 10.1. The van der Waals surface area contributed by atoms with E-state index in [1.807, 2.05) is 6.07 Å². The van der Waals surface area contributed by atoms with Crippen LogP contribution in [0, 0.1) is 0 Å². The summed E-state index contributed by atoms with van der Waals surface area (Å²) in [7, 11) is 4.28. The largest absolute Gasteiger partial charge is 0.508 e. The SMILES string of the molecule is CN1CC[C@@]2(C)c3c(O)cccc3N(C)[C@@H]12. The van der Waals surface area contributed by atoms with E-state index in [-0.39, 0.29) is 5.41 Å². The summed E-state index contributed by atoms with van der Waals surface area (Å²) in [4.78, 5) is 4.67. The van der Waals surface area contributed by atoms with Crippen molar-refractivity contribution in [2.45, 2.75) is 24.9 Å². The lowest BCUT2D eigenvalue weighted by atomic mass is 9.81. The van der Waals surface area contributed by atoms with E-state index in [1.165, 1.54) is 5.69 Å². The third-order valence-electron chi connectivity index (χ3n) is 4.31. The topological polar surface area (TPSA) is 26.7 Å². The first kappa shape index (κ1) is 9.97. The van der Waals surface area contributed by atoms with Crippen LogP contribution in [0.1, 0.15) is 18.9 Å². The molecule has 0 saturated carbocycles. The van der Waals surface area contributed by atoms with Gasteiger partial charge in [0, 0.05) is 30.3 Å². The molecule has 1 saturated heterocycles. The van der Waals surface area contributed by atoms with Crippen LogP contribution in [0.4, 0.5) is 5.69 Å². The molecule has 2 aliphatic heterocycles. The molecule has 16 heavy (non-hydrogen) atoms. The molecular weight excluding hydrogens is 200 g/mol. The third-order valence-corrected chi connectivity index (χ3v) is 4.31. The van der Waals surface area contributed by atoms with Gasteiger partial charge in [-0.05, 0) is 25.6 Å². The minimum absolute atomic E-state index is 0.0736. The normalized spacial score (nSPS) is 32.9. The summed E-state index contributed by atoms with van der Waals surface area (Å²) in [5.74, 6) is 0.449. The van der Waals surface area contributed by atoms with E-state index < -0.39 is 0 Å². The number of hydrogen-bond acceptors (Lipinski definition) is 3. The van der Waals surface area contributed by atoms with Crippen molar-refractivity contribution in [1.82, 2.24) is 4.90 Å². The first-order chi connectivity index (χ1) is 7.55. The van der Waals surface area contributed by atoms with Gasteiger partial charge in [0.05, 0.1) is 6.17 Å². The number of benzene rings is 1. The Balaban J connectivity index is 2.24. The second kappa shape index (κ2) is 2.92. The van der Waals surface area contributed by atoms with Crippen molar-refractivity contribution in [3.8, 4) is 5.75 Å². The predicted molar refractivity (Wildman–Crippen MR) is 64.9 cm³/mol. The number of anilines is 1. The highest BCUT2D eigenvalue weighted by Crippen LogP contribution is 2.53. The fraction of sp³-hybridized carbons (Fsp3) is 0.538. The lowest BCUT2D eigenvalue weighted by molar-refractivity contribution is 0.266. The molecule has 2 aliphatic rings. The molecule has 86 valence electrons. The van der Waals surface area contributed by atoms with E-state index in [0.29, 0.717) is 11.9 Å². The van der Waals surface area contributed by atoms with E-state index in [4.69, 9.17) is 0 Å². The third kappa shape index (κ3) is 0.969. The van der Waals surface area contributed by atoms with Gasteiger partial charge in [-0.25, -0.2) is 0 Å². The number of hydrogen-bond donors (Lipinski definition) is 1. The molecule has 1 aromatic rings. The highest BCUT2D eigenvalue weighted by molar-refractivity contribution is 5.68. The summed E-state index contributed by atoms with van der Waals surface area (Å²) >= 11 is 0. The van der Waals surface area contributed by atoms with Gasteiger partial charge < -0.3 is 10.0 Å². The molecule has 2 heterocycles. The monoisotopic (exact) mass is 218 g/mol. The van der Waals surface area contributed by atoms with Gasteiger partial charge in [-0.3, -0.25) is 4.90 Å². The van der Waals surface area contributed by atoms with Gasteiger partial charge in [0.2, 0.25) is 0 Å². The van der Waals surface area contributed by atoms with Gasteiger partial charge in [0.1, 0.15) is 5.75 Å². The van der Waals surface area contributed by atoms with Crippen molar-refractivity contribution in [3.63, 3.8) is 0 Å². The summed E-state index contributed by atoms with van der Waals surface area (Å²) in [5, 5.41) is 10.1. The first-order valence-corrected chi connectivity index (χ1v) is 5.81. The lowest BCUT2D eigenvalue weighted by Gasteiger charge is -2.32. The summed E-state index contributed by atoms with van der Waals surface area (Å²) in [5.41, 5.74) is 2.38. The molecular formula is C13H18N2O. The van der Waals surface area contributed by atoms with Gasteiger partial charge in [-0.15, -0.1) is 0 Å². The van der Waals surface area contributed by atoms with E-state index in [2.05, 4.69) is 36.9 Å². The van der Waals surface area contributed by atoms with E-state index >= 15 is 0 Å². The fourth-order valence-corrected chi connectivity index (χ4v) is 3.66. The van der Waals surface area contributed by atoms with E-state index in [1.54, 1.807) is 6.07 Å². The molecule has 0 spiro atoms. The van der Waals surface area contributed by atoms with Crippen molar-refractivity contribution < 1.29 is 5.11 Å². The summed E-state index contributed by atoms with van der Waals surface area (Å²) in [6, 6.07) is 5.83. The number of likely N-dealkylation sites (tertiary alicyclic amines) is 1. The van der Waals surface area contributed by atoms with Crippen molar-refractivity contribution in [2.75, 3.05) is 25.5 Å². The maximum Gasteiger partial charge on any atom is 0.121 e. The second-order valence-electron chi connectivity index (χ2n) is 5.30. The molecule has 0 amide bonds. The molecule has 2 atom stereocenters. The van der Waals surface area contributed by atoms with Crippen molar-refractivity contribution in [1.29, 1.82) is 0 Å². The highest BCUT2D eigenvalue weighted by atomic mass is 16.3. The Hall–Kier alpha value is -1.22. The number of fused-ring (bicyclic) bond motifs is 3. The average molecular weight is 218 g/mol. The van der Waals surface area contributed by atoms with Crippen molar-refractivity contribution in [3.05, 3.63) is 23.8 Å². The molecule has 3 rings (SSSR count). The summed E-state index contributed by atoms with van der Waals surface area (Å²) in [6.07, 6.45) is 1.50. The number of likely N-dealkylation sites (N-methyl/N-ethyl adjacent to an activating group) is 2. The molecule has 3 nitrogen and oxygen atoms in total. The summed E-state index contributed by atoms with van der Waals surface area (Å²) in [6.45, 7) is 3.36. The highest BCUT2D eigenvalue weighted by Gasteiger charge is 2.53. The molecule has 0 bridgehead atoms. The molecule has 0 unspecified atom stereocenters. The van der Waals surface area contributed by atoms with Gasteiger partial charge in [-0.2, -0.15) is 0 Å². The zero-order chi connectivity index (χ0) is 11.5. The van der Waals surface area contributed by atoms with Crippen LogP contribution in [-0.2, 0) is 5.41 Å². The number of rotatable bonds is 0. The molecule has 1 aromatic carbocycles. The summed E-state index contributed by atoms with van der Waals surface area (Å²) < 4.78 is 0. The second-order valence-corrected chi connectivity index (χ2v) is 5.30. The Kier molecular flexibility index (Phi) is 1.82. The predicted octanol–water partition coefficient (Wildman–Crippen LogP) is 1.76. The number of phenols is 1. The van der Waals surface area contributed by atoms with Gasteiger partial charge in [0.25, 0.3) is 0 Å². The van der Waals surface area contributed by atoms with Crippen LogP contribution in [0.15, 0.2) is 18.2 Å². The lowest BCUT2D eigenvalue weighted by Crippen LogP contribution is -2.45. The van der Waals surface area contributed by atoms with Crippen LogP contribution in [0.5, 0.6) is 5.75 Å². The molecule has 1 fully saturated rings. The zero-order valence-electron chi connectivity index (χ0n) is 10.1. The molecule has 0 aliphatic carbocycles. The number of nitrogens with zero attached hydrogens (tertiary/aromatic N) is 2. The van der Waals surface area contributed by atoms with Crippen LogP contribution in [0.25, 0.3) is 0 Å². The van der Waals surface area contributed by atoms with Crippen LogP contribution in [0.2, 0.25) is 0 Å². The van der Waals surface area contributed by atoms with Crippen LogP contribution in [-0.4, -0.2) is 36.8 Å². The van der Waals surface area contributed by atoms with Crippen molar-refractivity contribution >= 4 is 5.69 Å². The number of aromatic hydroxyl groups is 1. The van der Waals surface area contributed by atoms with Crippen LogP contribution < -0.4 is 4.90 Å². The average Bonchev–Trinajstić information content (AvgIpc) is 2.65. The molecule has 3 heteroatoms. The van der Waals surface area contributed by atoms with Gasteiger partial charge >= 0.3 is 0 Å². The smallest absolute Gasteiger partial charge is 0.121 e. The quantitative estimate of drug-likeness (QED) is 0.719. The molecule has 0 aromatic heterocycles. The Bertz CT molecular complexity index is 446. The Morgan fingerprint density at radius 3 is 2.88 bits per heavy atom. The minimum Gasteiger partial charge on any atom is -0.508 e. The Morgan fingerprint density at radius 1 is 1.38 bits per heavy atom. The van der Waals surface area contributed by atoms with Crippen LogP contribution in [0.3, 0.4) is 0 Å². The molecule has 1 N–H and O–H groups in total. The first-order valence-electron chi connectivity index (χ1n) is 5.81.